The third-order valence-corrected chi connectivity index (χ3v) is 13.1. The second kappa shape index (κ2) is 18.4. The molecule has 362 valence electrons. The zero-order valence-electron chi connectivity index (χ0n) is 38.2. The Morgan fingerprint density at radius 2 is 1.25 bits per heavy atom. The summed E-state index contributed by atoms with van der Waals surface area (Å²) >= 11 is 0. The lowest BCUT2D eigenvalue weighted by Crippen LogP contribution is -2.89. The van der Waals surface area contributed by atoms with Gasteiger partial charge in [-0.1, -0.05) is 36.4 Å². The van der Waals surface area contributed by atoms with Crippen molar-refractivity contribution in [1.82, 2.24) is 4.98 Å². The van der Waals surface area contributed by atoms with Crippen LogP contribution in [0.2, 0.25) is 0 Å². The Labute approximate surface area is 389 Å². The van der Waals surface area contributed by atoms with E-state index in [0.29, 0.717) is 0 Å². The number of rotatable bonds is 9. The van der Waals surface area contributed by atoms with E-state index in [-0.39, 0.29) is 28.8 Å². The molecule has 68 heavy (non-hydrogen) atoms. The van der Waals surface area contributed by atoms with E-state index in [1.54, 1.807) is 12.1 Å². The standard InChI is InChI=1S/C48H51NO19/c1-25(50)60-24-47-38(64-28(4)53)34(62-26(2)51)33-36(63-27(3)52)48(47)46(7,59)37(35(65-40(54)29-15-10-8-11-16-29)39(47)66-41(55)30-17-12-9-13-18-30)67-43(57)44(5,58)21-20-32-31(19-14-22-49-32)42(56)61-23-45(33,6)68-48/h8-19,22,33-39,58-59H,20-21,23-24H2,1-7H3/t33-,34?,35+,36-,37+,38-,39+,44?,45+,46+,47-,48-/m1/s1. The highest BCUT2D eigenvalue weighted by molar-refractivity contribution is 5.91. The van der Waals surface area contributed by atoms with Gasteiger partial charge in [0.05, 0.1) is 28.3 Å². The van der Waals surface area contributed by atoms with Crippen molar-refractivity contribution in [3.63, 3.8) is 0 Å². The molecule has 2 aromatic carbocycles. The van der Waals surface area contributed by atoms with E-state index in [1.807, 2.05) is 0 Å². The van der Waals surface area contributed by atoms with E-state index < -0.39 is 138 Å². The minimum Gasteiger partial charge on any atom is -0.465 e. The number of aliphatic hydroxyl groups is 2. The molecule has 20 nitrogen and oxygen atoms in total. The fourth-order valence-electron chi connectivity index (χ4n) is 10.3. The number of cyclic esters (lactones) is 1. The fourth-order valence-corrected chi connectivity index (χ4v) is 10.3. The van der Waals surface area contributed by atoms with Crippen LogP contribution in [0, 0.1) is 11.3 Å². The first kappa shape index (κ1) is 49.1. The summed E-state index contributed by atoms with van der Waals surface area (Å²) in [5.41, 5.74) is -13.7. The molecule has 7 rings (SSSR count). The average Bonchev–Trinajstić information content (AvgIpc) is 3.50. The van der Waals surface area contributed by atoms with Gasteiger partial charge in [-0.2, -0.15) is 0 Å². The summed E-state index contributed by atoms with van der Waals surface area (Å²) in [4.78, 5) is 116. The van der Waals surface area contributed by atoms with Gasteiger partial charge in [0, 0.05) is 33.9 Å². The van der Waals surface area contributed by atoms with Crippen LogP contribution in [0.25, 0.3) is 0 Å². The number of benzene rings is 2. The highest BCUT2D eigenvalue weighted by Gasteiger charge is 2.92. The van der Waals surface area contributed by atoms with Crippen molar-refractivity contribution >= 4 is 47.8 Å². The molecule has 4 aliphatic rings. The lowest BCUT2D eigenvalue weighted by atomic mass is 9.45. The molecule has 1 aromatic heterocycles. The normalized spacial score (nSPS) is 34.0. The molecule has 0 amide bonds. The Hall–Kier alpha value is -6.77. The minimum atomic E-state index is -3.03. The molecule has 4 bridgehead atoms. The third kappa shape index (κ3) is 8.44. The van der Waals surface area contributed by atoms with Gasteiger partial charge in [-0.3, -0.25) is 24.2 Å². The van der Waals surface area contributed by atoms with Gasteiger partial charge in [-0.05, 0) is 70.0 Å². The Kier molecular flexibility index (Phi) is 13.3. The molecule has 12 atom stereocenters. The number of nitrogens with zero attached hydrogens (tertiary/aromatic N) is 1. The van der Waals surface area contributed by atoms with Crippen LogP contribution < -0.4 is 0 Å². The zero-order chi connectivity index (χ0) is 49.6. The molecule has 2 unspecified atom stereocenters. The van der Waals surface area contributed by atoms with Gasteiger partial charge in [0.1, 0.15) is 42.0 Å². The Bertz CT molecular complexity index is 2490. The van der Waals surface area contributed by atoms with E-state index in [0.717, 1.165) is 41.5 Å². The van der Waals surface area contributed by atoms with Gasteiger partial charge in [-0.15, -0.1) is 0 Å². The predicted molar refractivity (Wildman–Crippen MR) is 227 cm³/mol. The minimum absolute atomic E-state index is 0.0782. The topological polar surface area (TPSA) is 273 Å². The Balaban J connectivity index is 1.65. The van der Waals surface area contributed by atoms with E-state index in [4.69, 9.17) is 42.6 Å². The van der Waals surface area contributed by atoms with Crippen molar-refractivity contribution in [1.29, 1.82) is 0 Å². The highest BCUT2D eigenvalue weighted by Crippen LogP contribution is 2.70. The zero-order valence-corrected chi connectivity index (χ0v) is 38.2. The first-order chi connectivity index (χ1) is 32.0. The molecular formula is C48H51NO19. The molecule has 3 fully saturated rings. The van der Waals surface area contributed by atoms with Crippen molar-refractivity contribution in [3.05, 3.63) is 101 Å². The van der Waals surface area contributed by atoms with Crippen molar-refractivity contribution in [2.24, 2.45) is 11.3 Å². The molecular weight excluding hydrogens is 895 g/mol. The van der Waals surface area contributed by atoms with Crippen LogP contribution >= 0.6 is 0 Å². The van der Waals surface area contributed by atoms with Crippen molar-refractivity contribution in [2.75, 3.05) is 13.2 Å². The summed E-state index contributed by atoms with van der Waals surface area (Å²) in [5, 5.41) is 25.8. The number of carbonyl (C=O) groups excluding carboxylic acids is 8. The molecule has 20 heteroatoms. The number of aromatic nitrogens is 1. The van der Waals surface area contributed by atoms with Gasteiger partial charge in [-0.25, -0.2) is 19.2 Å². The molecule has 2 N–H and O–H groups in total. The van der Waals surface area contributed by atoms with E-state index in [1.165, 1.54) is 73.8 Å². The number of carbonyl (C=O) groups is 8. The summed E-state index contributed by atoms with van der Waals surface area (Å²) in [6.07, 6.45) is -12.4. The fraction of sp³-hybridized carbons (Fsp3) is 0.479. The lowest BCUT2D eigenvalue weighted by molar-refractivity contribution is -0.385. The quantitative estimate of drug-likeness (QED) is 0.230. The van der Waals surface area contributed by atoms with Crippen LogP contribution in [0.3, 0.4) is 0 Å². The number of hydrogen-bond acceptors (Lipinski definition) is 20. The second-order valence-corrected chi connectivity index (χ2v) is 17.9. The van der Waals surface area contributed by atoms with E-state index >= 15 is 0 Å². The van der Waals surface area contributed by atoms with Crippen molar-refractivity contribution in [3.8, 4) is 0 Å². The Morgan fingerprint density at radius 1 is 0.691 bits per heavy atom. The van der Waals surface area contributed by atoms with Gasteiger partial charge in [0.2, 0.25) is 0 Å². The van der Waals surface area contributed by atoms with Gasteiger partial charge < -0.3 is 52.8 Å². The summed E-state index contributed by atoms with van der Waals surface area (Å²) in [6, 6.07) is 17.4. The number of esters is 8. The van der Waals surface area contributed by atoms with E-state index in [9.17, 15) is 48.6 Å². The number of hydrogen-bond donors (Lipinski definition) is 2. The van der Waals surface area contributed by atoms with Crippen LogP contribution in [0.4, 0.5) is 0 Å². The monoisotopic (exact) mass is 945 g/mol. The van der Waals surface area contributed by atoms with E-state index in [2.05, 4.69) is 4.98 Å². The molecule has 0 radical (unpaired) electrons. The number of ether oxygens (including phenoxy) is 9. The largest absolute Gasteiger partial charge is 0.465 e. The molecule has 1 saturated heterocycles. The van der Waals surface area contributed by atoms with Gasteiger partial charge >= 0.3 is 47.8 Å². The smallest absolute Gasteiger partial charge is 0.340 e. The van der Waals surface area contributed by atoms with Crippen LogP contribution in [0.1, 0.15) is 91.7 Å². The van der Waals surface area contributed by atoms with Gasteiger partial charge in [0.25, 0.3) is 0 Å². The molecule has 1 spiro atoms. The van der Waals surface area contributed by atoms with Crippen LogP contribution in [0.15, 0.2) is 79.0 Å². The third-order valence-electron chi connectivity index (χ3n) is 13.1. The number of aryl methyl sites for hydroxylation is 1. The molecule has 2 aliphatic carbocycles. The van der Waals surface area contributed by atoms with Crippen LogP contribution in [-0.2, 0) is 73.0 Å². The second-order valence-electron chi connectivity index (χ2n) is 17.9. The summed E-state index contributed by atoms with van der Waals surface area (Å²) in [7, 11) is 0. The molecule has 2 aliphatic heterocycles. The summed E-state index contributed by atoms with van der Waals surface area (Å²) in [5.74, 6) is -10.7. The predicted octanol–water partition coefficient (Wildman–Crippen LogP) is 2.57. The average molecular weight is 946 g/mol. The van der Waals surface area contributed by atoms with Crippen LogP contribution in [0.5, 0.6) is 0 Å². The maximum Gasteiger partial charge on any atom is 0.340 e. The van der Waals surface area contributed by atoms with Gasteiger partial charge in [0.15, 0.2) is 35.6 Å². The maximum atomic E-state index is 14.7. The maximum absolute atomic E-state index is 14.7. The lowest BCUT2D eigenvalue weighted by Gasteiger charge is -2.67. The molecule has 3 aromatic rings. The first-order valence-corrected chi connectivity index (χ1v) is 21.6. The summed E-state index contributed by atoms with van der Waals surface area (Å²) in [6.45, 7) is 5.41. The Morgan fingerprint density at radius 3 is 1.82 bits per heavy atom. The summed E-state index contributed by atoms with van der Waals surface area (Å²) < 4.78 is 56.1. The molecule has 2 saturated carbocycles. The SMILES string of the molecule is CC(=O)OC[C@]12[C@H](OC(C)=O)C(OC(C)=O)[C@@H]3[C@@H](OC(C)=O)[C@]14O[C@@]3(C)COC(=O)c1cccnc1CCC(C)(O)C(=O)O[C@@H]([C@H](OC(=O)c1ccccc1)[C@@H]2OC(=O)c1ccccc1)[C@]4(C)O. The van der Waals surface area contributed by atoms with Crippen LogP contribution in [-0.4, -0.2) is 135 Å². The highest BCUT2D eigenvalue weighted by atomic mass is 16.7. The van der Waals surface area contributed by atoms with Crippen molar-refractivity contribution < 1.29 is 91.2 Å². The number of fused-ring (bicyclic) bond motifs is 5. The van der Waals surface area contributed by atoms with Crippen molar-refractivity contribution in [2.45, 2.75) is 120 Å². The number of pyridine rings is 1. The first-order valence-electron chi connectivity index (χ1n) is 21.6. The molecule has 3 heterocycles.